The molecule has 0 aliphatic rings. The molecule has 0 spiro atoms. The van der Waals surface area contributed by atoms with Crippen molar-refractivity contribution in [2.24, 2.45) is 0 Å². The quantitative estimate of drug-likeness (QED) is 0.757. The zero-order valence-corrected chi connectivity index (χ0v) is 12.4. The molecule has 7 heteroatoms. The van der Waals surface area contributed by atoms with Gasteiger partial charge in [-0.3, -0.25) is 4.79 Å². The van der Waals surface area contributed by atoms with E-state index >= 15 is 0 Å². The Labute approximate surface area is 131 Å². The van der Waals surface area contributed by atoms with E-state index in [0.717, 1.165) is 5.56 Å². The van der Waals surface area contributed by atoms with Crippen LogP contribution in [0.4, 0.5) is 11.1 Å². The van der Waals surface area contributed by atoms with Gasteiger partial charge in [0.1, 0.15) is 4.88 Å². The Morgan fingerprint density at radius 2 is 1.82 bits per heavy atom. The van der Waals surface area contributed by atoms with Crippen LogP contribution >= 0.6 is 11.3 Å². The molecule has 2 aromatic heterocycles. The first-order valence-corrected chi connectivity index (χ1v) is 7.45. The smallest absolute Gasteiger partial charge is 0.263 e. The van der Waals surface area contributed by atoms with Crippen molar-refractivity contribution >= 4 is 28.3 Å². The first kappa shape index (κ1) is 14.2. The number of nitrogens with one attached hydrogen (secondary N) is 2. The Bertz CT molecular complexity index is 745. The lowest BCUT2D eigenvalue weighted by Gasteiger charge is -2.02. The van der Waals surface area contributed by atoms with Crippen LogP contribution in [0.1, 0.15) is 15.2 Å². The summed E-state index contributed by atoms with van der Waals surface area (Å²) in [6.45, 7) is 0.488. The molecule has 3 aromatic rings. The summed E-state index contributed by atoms with van der Waals surface area (Å²) in [6, 6.07) is 11.5. The Morgan fingerprint density at radius 3 is 2.59 bits per heavy atom. The number of hydrogen-bond acceptors (Lipinski definition) is 6. The molecule has 1 aromatic carbocycles. The predicted octanol–water partition coefficient (Wildman–Crippen LogP) is 2.61. The summed E-state index contributed by atoms with van der Waals surface area (Å²) >= 11 is 1.26. The second-order valence-corrected chi connectivity index (χ2v) is 5.43. The molecular formula is C15H13N5OS. The molecule has 0 aliphatic heterocycles. The summed E-state index contributed by atoms with van der Waals surface area (Å²) in [6.07, 6.45) is 4.81. The first-order chi connectivity index (χ1) is 10.8. The highest BCUT2D eigenvalue weighted by Crippen LogP contribution is 2.20. The van der Waals surface area contributed by atoms with E-state index in [1.54, 1.807) is 18.5 Å². The summed E-state index contributed by atoms with van der Waals surface area (Å²) < 4.78 is 0. The van der Waals surface area contributed by atoms with E-state index in [1.165, 1.54) is 17.5 Å². The summed E-state index contributed by atoms with van der Waals surface area (Å²) in [5.74, 6) is 0.302. The van der Waals surface area contributed by atoms with Gasteiger partial charge in [0.15, 0.2) is 5.13 Å². The van der Waals surface area contributed by atoms with Crippen LogP contribution < -0.4 is 10.6 Å². The highest BCUT2D eigenvalue weighted by molar-refractivity contribution is 7.17. The van der Waals surface area contributed by atoms with Gasteiger partial charge >= 0.3 is 0 Å². The Morgan fingerprint density at radius 1 is 1.05 bits per heavy atom. The minimum atomic E-state index is -0.150. The number of aromatic nitrogens is 3. The minimum absolute atomic E-state index is 0.150. The second-order valence-electron chi connectivity index (χ2n) is 4.40. The maximum atomic E-state index is 12.1. The van der Waals surface area contributed by atoms with Crippen molar-refractivity contribution in [1.29, 1.82) is 0 Å². The number of rotatable bonds is 5. The van der Waals surface area contributed by atoms with Crippen LogP contribution in [0.2, 0.25) is 0 Å². The minimum Gasteiger partial charge on any atom is -0.347 e. The highest BCUT2D eigenvalue weighted by atomic mass is 32.1. The van der Waals surface area contributed by atoms with Gasteiger partial charge < -0.3 is 10.6 Å². The third-order valence-corrected chi connectivity index (χ3v) is 3.72. The van der Waals surface area contributed by atoms with Crippen LogP contribution in [0.25, 0.3) is 0 Å². The van der Waals surface area contributed by atoms with E-state index in [1.807, 2.05) is 30.3 Å². The number of carbonyl (C=O) groups excluding carboxylic acids is 1. The van der Waals surface area contributed by atoms with Crippen molar-refractivity contribution in [2.45, 2.75) is 6.54 Å². The van der Waals surface area contributed by atoms with Crippen LogP contribution in [0, 0.1) is 0 Å². The van der Waals surface area contributed by atoms with Gasteiger partial charge in [0.2, 0.25) is 5.95 Å². The lowest BCUT2D eigenvalue weighted by atomic mass is 10.2. The molecule has 110 valence electrons. The van der Waals surface area contributed by atoms with Crippen LogP contribution in [0.15, 0.2) is 55.0 Å². The van der Waals surface area contributed by atoms with Crippen LogP contribution in [0.5, 0.6) is 0 Å². The van der Waals surface area contributed by atoms with Crippen molar-refractivity contribution in [3.05, 3.63) is 65.4 Å². The molecule has 0 aliphatic carbocycles. The molecular weight excluding hydrogens is 298 g/mol. The standard InChI is InChI=1S/C15H13N5OS/c21-13(18-9-11-5-2-1-3-6-11)12-10-19-15(22-12)20-14-16-7-4-8-17-14/h1-8,10H,9H2,(H,18,21)(H,16,17,19,20). The molecule has 2 heterocycles. The lowest BCUT2D eigenvalue weighted by Crippen LogP contribution is -2.21. The third kappa shape index (κ3) is 3.64. The zero-order valence-electron chi connectivity index (χ0n) is 11.6. The SMILES string of the molecule is O=C(NCc1ccccc1)c1cnc(Nc2ncccn2)s1. The number of benzene rings is 1. The van der Waals surface area contributed by atoms with E-state index < -0.39 is 0 Å². The first-order valence-electron chi connectivity index (χ1n) is 6.63. The Hall–Kier alpha value is -2.80. The maximum Gasteiger partial charge on any atom is 0.263 e. The van der Waals surface area contributed by atoms with Crippen molar-refractivity contribution in [3.8, 4) is 0 Å². The lowest BCUT2D eigenvalue weighted by molar-refractivity contribution is 0.0955. The molecule has 3 rings (SSSR count). The molecule has 0 radical (unpaired) electrons. The average molecular weight is 311 g/mol. The molecule has 0 unspecified atom stereocenters. The molecule has 0 saturated heterocycles. The summed E-state index contributed by atoms with van der Waals surface area (Å²) in [5, 5.41) is 6.40. The third-order valence-electron chi connectivity index (χ3n) is 2.81. The number of thiazole rings is 1. The van der Waals surface area contributed by atoms with Crippen molar-refractivity contribution < 1.29 is 4.79 Å². The van der Waals surface area contributed by atoms with Gasteiger partial charge in [-0.1, -0.05) is 41.7 Å². The van der Waals surface area contributed by atoms with Crippen molar-refractivity contribution in [3.63, 3.8) is 0 Å². The number of nitrogens with zero attached hydrogens (tertiary/aromatic N) is 3. The van der Waals surface area contributed by atoms with Gasteiger partial charge in [-0.2, -0.15) is 0 Å². The van der Waals surface area contributed by atoms with Gasteiger partial charge in [0.25, 0.3) is 5.91 Å². The maximum absolute atomic E-state index is 12.1. The molecule has 0 atom stereocenters. The fraction of sp³-hybridized carbons (Fsp3) is 0.0667. The van der Waals surface area contributed by atoms with Crippen molar-refractivity contribution in [1.82, 2.24) is 20.3 Å². The summed E-state index contributed by atoms with van der Waals surface area (Å²) in [4.78, 5) is 24.9. The van der Waals surface area contributed by atoms with Crippen molar-refractivity contribution in [2.75, 3.05) is 5.32 Å². The molecule has 0 fully saturated rings. The van der Waals surface area contributed by atoms with Gasteiger partial charge in [-0.15, -0.1) is 0 Å². The van der Waals surface area contributed by atoms with Gasteiger partial charge in [0, 0.05) is 18.9 Å². The normalized spacial score (nSPS) is 10.2. The van der Waals surface area contributed by atoms with Crippen LogP contribution in [0.3, 0.4) is 0 Å². The Kier molecular flexibility index (Phi) is 4.35. The van der Waals surface area contributed by atoms with E-state index in [4.69, 9.17) is 0 Å². The van der Waals surface area contributed by atoms with Gasteiger partial charge in [0.05, 0.1) is 6.20 Å². The van der Waals surface area contributed by atoms with Crippen LogP contribution in [-0.2, 0) is 6.54 Å². The second kappa shape index (κ2) is 6.77. The number of hydrogen-bond donors (Lipinski definition) is 2. The monoisotopic (exact) mass is 311 g/mol. The van der Waals surface area contributed by atoms with E-state index in [9.17, 15) is 4.79 Å². The topological polar surface area (TPSA) is 79.8 Å². The highest BCUT2D eigenvalue weighted by Gasteiger charge is 2.10. The van der Waals surface area contributed by atoms with E-state index in [2.05, 4.69) is 25.6 Å². The number of anilines is 2. The van der Waals surface area contributed by atoms with Gasteiger partial charge in [-0.25, -0.2) is 15.0 Å². The molecule has 6 nitrogen and oxygen atoms in total. The number of amides is 1. The molecule has 0 bridgehead atoms. The summed E-state index contributed by atoms with van der Waals surface area (Å²) in [5.41, 5.74) is 1.05. The van der Waals surface area contributed by atoms with Crippen LogP contribution in [-0.4, -0.2) is 20.9 Å². The molecule has 22 heavy (non-hydrogen) atoms. The number of carbonyl (C=O) groups is 1. The fourth-order valence-corrected chi connectivity index (χ4v) is 2.49. The Balaban J connectivity index is 1.60. The largest absolute Gasteiger partial charge is 0.347 e. The predicted molar refractivity (Wildman–Crippen MR) is 85.0 cm³/mol. The fourth-order valence-electron chi connectivity index (χ4n) is 1.76. The molecule has 0 saturated carbocycles. The van der Waals surface area contributed by atoms with E-state index in [0.29, 0.717) is 22.5 Å². The molecule has 2 N–H and O–H groups in total. The average Bonchev–Trinajstić information content (AvgIpc) is 3.03. The molecule has 1 amide bonds. The zero-order chi connectivity index (χ0) is 15.2. The van der Waals surface area contributed by atoms with Gasteiger partial charge in [-0.05, 0) is 11.6 Å². The van der Waals surface area contributed by atoms with E-state index in [-0.39, 0.29) is 5.91 Å². The summed E-state index contributed by atoms with van der Waals surface area (Å²) in [7, 11) is 0.